The molecular formula is C26H25N3O2S. The van der Waals surface area contributed by atoms with Crippen molar-refractivity contribution in [2.45, 2.75) is 30.7 Å². The zero-order valence-electron chi connectivity index (χ0n) is 18.1. The number of fused-ring (bicyclic) bond motifs is 1. The van der Waals surface area contributed by atoms with E-state index in [-0.39, 0.29) is 11.5 Å². The first kappa shape index (κ1) is 21.8. The minimum absolute atomic E-state index is 0.0790. The lowest BCUT2D eigenvalue weighted by atomic mass is 10.1. The van der Waals surface area contributed by atoms with E-state index in [1.165, 1.54) is 17.3 Å². The third kappa shape index (κ3) is 4.75. The van der Waals surface area contributed by atoms with Gasteiger partial charge in [-0.15, -0.1) is 0 Å². The molecule has 1 heterocycles. The molecule has 1 atom stereocenters. The molecule has 0 saturated carbocycles. The van der Waals surface area contributed by atoms with Crippen LogP contribution in [0.5, 0.6) is 0 Å². The van der Waals surface area contributed by atoms with E-state index in [1.807, 2.05) is 86.6 Å². The molecule has 0 bridgehead atoms. The van der Waals surface area contributed by atoms with Crippen molar-refractivity contribution >= 4 is 28.6 Å². The van der Waals surface area contributed by atoms with Crippen molar-refractivity contribution in [3.8, 4) is 5.69 Å². The normalized spacial score (nSPS) is 11.9. The second-order valence-corrected chi connectivity index (χ2v) is 8.93. The maximum atomic E-state index is 13.4. The standard InChI is InChI=1S/C26H25N3O2S/c1-18-10-6-9-15-23(18)29-25(31)21-13-7-8-14-22(21)28-26(29)32-19(2)24(30)27-17-16-20-11-4-3-5-12-20/h3-15,19H,16-17H2,1-2H3,(H,27,30). The number of para-hydroxylation sites is 2. The molecular weight excluding hydrogens is 418 g/mol. The number of carbonyl (C=O) groups excluding carboxylic acids is 1. The molecule has 4 rings (SSSR count). The molecule has 1 N–H and O–H groups in total. The molecule has 6 heteroatoms. The van der Waals surface area contributed by atoms with Crippen LogP contribution in [0.4, 0.5) is 0 Å². The zero-order chi connectivity index (χ0) is 22.5. The van der Waals surface area contributed by atoms with E-state index in [0.717, 1.165) is 17.7 Å². The third-order valence-electron chi connectivity index (χ3n) is 5.31. The first-order valence-corrected chi connectivity index (χ1v) is 11.5. The Hall–Kier alpha value is -3.38. The Kier molecular flexibility index (Phi) is 6.71. The van der Waals surface area contributed by atoms with Crippen molar-refractivity contribution in [2.24, 2.45) is 0 Å². The predicted octanol–water partition coefficient (Wildman–Crippen LogP) is 4.53. The van der Waals surface area contributed by atoms with Crippen LogP contribution in [-0.4, -0.2) is 27.3 Å². The topological polar surface area (TPSA) is 64.0 Å². The number of hydrogen-bond acceptors (Lipinski definition) is 4. The van der Waals surface area contributed by atoms with Crippen LogP contribution in [0, 0.1) is 6.92 Å². The fraction of sp³-hybridized carbons (Fsp3) is 0.192. The van der Waals surface area contributed by atoms with E-state index in [2.05, 4.69) is 5.32 Å². The van der Waals surface area contributed by atoms with Crippen molar-refractivity contribution in [3.05, 3.63) is 100 Å². The van der Waals surface area contributed by atoms with Gasteiger partial charge in [0.2, 0.25) is 5.91 Å². The number of hydrogen-bond donors (Lipinski definition) is 1. The maximum Gasteiger partial charge on any atom is 0.266 e. The van der Waals surface area contributed by atoms with Gasteiger partial charge in [0.1, 0.15) is 0 Å². The average Bonchev–Trinajstić information content (AvgIpc) is 2.81. The van der Waals surface area contributed by atoms with Crippen molar-refractivity contribution < 1.29 is 4.79 Å². The number of benzene rings is 3. The van der Waals surface area contributed by atoms with Gasteiger partial charge in [-0.2, -0.15) is 0 Å². The molecule has 4 aromatic rings. The Morgan fingerprint density at radius 3 is 2.47 bits per heavy atom. The predicted molar refractivity (Wildman–Crippen MR) is 131 cm³/mol. The second kappa shape index (κ2) is 9.83. The lowest BCUT2D eigenvalue weighted by Crippen LogP contribution is -2.33. The van der Waals surface area contributed by atoms with Crippen LogP contribution in [0.15, 0.2) is 88.8 Å². The lowest BCUT2D eigenvalue weighted by Gasteiger charge is -2.17. The molecule has 162 valence electrons. The van der Waals surface area contributed by atoms with Gasteiger partial charge in [-0.05, 0) is 49.6 Å². The number of rotatable bonds is 7. The Bertz CT molecular complexity index is 1300. The number of nitrogens with zero attached hydrogens (tertiary/aromatic N) is 2. The molecule has 3 aromatic carbocycles. The third-order valence-corrected chi connectivity index (χ3v) is 6.36. The highest BCUT2D eigenvalue weighted by Crippen LogP contribution is 2.26. The number of thioether (sulfide) groups is 1. The van der Waals surface area contributed by atoms with Gasteiger partial charge in [-0.1, -0.05) is 72.4 Å². The summed E-state index contributed by atoms with van der Waals surface area (Å²) < 4.78 is 1.62. The largest absolute Gasteiger partial charge is 0.355 e. The minimum atomic E-state index is -0.408. The quantitative estimate of drug-likeness (QED) is 0.337. The minimum Gasteiger partial charge on any atom is -0.355 e. The highest BCUT2D eigenvalue weighted by atomic mass is 32.2. The van der Waals surface area contributed by atoms with Gasteiger partial charge in [0.05, 0.1) is 21.8 Å². The fourth-order valence-electron chi connectivity index (χ4n) is 3.55. The summed E-state index contributed by atoms with van der Waals surface area (Å²) in [6.45, 7) is 4.36. The zero-order valence-corrected chi connectivity index (χ0v) is 18.9. The highest BCUT2D eigenvalue weighted by molar-refractivity contribution is 8.00. The van der Waals surface area contributed by atoms with Crippen LogP contribution in [0.25, 0.3) is 16.6 Å². The summed E-state index contributed by atoms with van der Waals surface area (Å²) in [6, 6.07) is 25.1. The number of amides is 1. The van der Waals surface area contributed by atoms with Gasteiger partial charge in [-0.25, -0.2) is 4.98 Å². The van der Waals surface area contributed by atoms with Gasteiger partial charge in [-0.3, -0.25) is 14.2 Å². The summed E-state index contributed by atoms with van der Waals surface area (Å²) in [5, 5.41) is 3.65. The average molecular weight is 444 g/mol. The molecule has 0 radical (unpaired) electrons. The van der Waals surface area contributed by atoms with Crippen molar-refractivity contribution in [2.75, 3.05) is 6.54 Å². The molecule has 0 aliphatic heterocycles. The summed E-state index contributed by atoms with van der Waals surface area (Å²) >= 11 is 1.30. The van der Waals surface area contributed by atoms with Crippen LogP contribution in [-0.2, 0) is 11.2 Å². The molecule has 5 nitrogen and oxygen atoms in total. The lowest BCUT2D eigenvalue weighted by molar-refractivity contribution is -0.120. The van der Waals surface area contributed by atoms with Gasteiger partial charge < -0.3 is 5.32 Å². The molecule has 1 unspecified atom stereocenters. The van der Waals surface area contributed by atoms with Gasteiger partial charge in [0.25, 0.3) is 5.56 Å². The SMILES string of the molecule is Cc1ccccc1-n1c(SC(C)C(=O)NCCc2ccccc2)nc2ccccc2c1=O. The Morgan fingerprint density at radius 1 is 1.00 bits per heavy atom. The van der Waals surface area contributed by atoms with Crippen LogP contribution in [0.1, 0.15) is 18.1 Å². The molecule has 1 aromatic heterocycles. The van der Waals surface area contributed by atoms with E-state index in [9.17, 15) is 9.59 Å². The molecule has 0 fully saturated rings. The Balaban J connectivity index is 1.60. The molecule has 32 heavy (non-hydrogen) atoms. The summed E-state index contributed by atoms with van der Waals surface area (Å²) in [5.41, 5.74) is 3.41. The van der Waals surface area contributed by atoms with Crippen LogP contribution in [0.3, 0.4) is 0 Å². The first-order chi connectivity index (χ1) is 15.5. The fourth-order valence-corrected chi connectivity index (χ4v) is 4.49. The smallest absolute Gasteiger partial charge is 0.266 e. The van der Waals surface area contributed by atoms with E-state index in [0.29, 0.717) is 22.6 Å². The van der Waals surface area contributed by atoms with Crippen molar-refractivity contribution in [3.63, 3.8) is 0 Å². The van der Waals surface area contributed by atoms with E-state index in [4.69, 9.17) is 4.98 Å². The van der Waals surface area contributed by atoms with Gasteiger partial charge in [0.15, 0.2) is 5.16 Å². The summed E-state index contributed by atoms with van der Waals surface area (Å²) in [7, 11) is 0. The van der Waals surface area contributed by atoms with Crippen LogP contribution < -0.4 is 10.9 Å². The monoisotopic (exact) mass is 443 g/mol. The summed E-state index contributed by atoms with van der Waals surface area (Å²) in [4.78, 5) is 30.9. The summed E-state index contributed by atoms with van der Waals surface area (Å²) in [6.07, 6.45) is 0.770. The molecule has 1 amide bonds. The second-order valence-electron chi connectivity index (χ2n) is 7.63. The first-order valence-electron chi connectivity index (χ1n) is 10.6. The Labute approximate surface area is 191 Å². The van der Waals surface area contributed by atoms with E-state index < -0.39 is 5.25 Å². The van der Waals surface area contributed by atoms with E-state index in [1.54, 1.807) is 10.6 Å². The van der Waals surface area contributed by atoms with Crippen molar-refractivity contribution in [1.29, 1.82) is 0 Å². The van der Waals surface area contributed by atoms with Crippen LogP contribution >= 0.6 is 11.8 Å². The van der Waals surface area contributed by atoms with Crippen molar-refractivity contribution in [1.82, 2.24) is 14.9 Å². The van der Waals surface area contributed by atoms with Crippen LogP contribution in [0.2, 0.25) is 0 Å². The molecule has 0 aliphatic rings. The van der Waals surface area contributed by atoms with Gasteiger partial charge in [0, 0.05) is 6.54 Å². The number of aryl methyl sites for hydroxylation is 1. The summed E-state index contributed by atoms with van der Waals surface area (Å²) in [5.74, 6) is -0.0790. The maximum absolute atomic E-state index is 13.4. The van der Waals surface area contributed by atoms with E-state index >= 15 is 0 Å². The number of aromatic nitrogens is 2. The number of nitrogens with one attached hydrogen (secondary N) is 1. The molecule has 0 saturated heterocycles. The number of carbonyl (C=O) groups is 1. The highest BCUT2D eigenvalue weighted by Gasteiger charge is 2.20. The molecule has 0 spiro atoms. The molecule has 0 aliphatic carbocycles. The Morgan fingerprint density at radius 2 is 1.69 bits per heavy atom. The van der Waals surface area contributed by atoms with Gasteiger partial charge >= 0.3 is 0 Å².